The third-order valence-corrected chi connectivity index (χ3v) is 0.662. The van der Waals surface area contributed by atoms with Gasteiger partial charge in [-0.1, -0.05) is 10.6 Å². The van der Waals surface area contributed by atoms with Gasteiger partial charge in [0, 0.05) is 12.6 Å². The number of hydrazone groups is 1. The maximum Gasteiger partial charge on any atom is 0.0556 e. The van der Waals surface area contributed by atoms with E-state index in [0.717, 1.165) is 6.42 Å². The van der Waals surface area contributed by atoms with Crippen molar-refractivity contribution in [2.45, 2.75) is 6.42 Å². The lowest BCUT2D eigenvalue weighted by Crippen LogP contribution is -1.97. The molecule has 38 valence electrons. The van der Waals surface area contributed by atoms with Crippen LogP contribution in [0.15, 0.2) is 17.4 Å². The fraction of sp³-hybridized carbons (Fsp3) is 0.250. The van der Waals surface area contributed by atoms with Crippen LogP contribution in [0, 0.1) is 0 Å². The molecule has 0 fully saturated rings. The van der Waals surface area contributed by atoms with Crippen LogP contribution in [0.5, 0.6) is 0 Å². The van der Waals surface area contributed by atoms with E-state index in [2.05, 4.69) is 5.10 Å². The monoisotopic (exact) mass is 100 g/mol. The largest absolute Gasteiger partial charge is 0.155 e. The Bertz CT molecular complexity index is 96.3. The van der Waals surface area contributed by atoms with Gasteiger partial charge < -0.3 is 0 Å². The third-order valence-electron chi connectivity index (χ3n) is 0.662. The van der Waals surface area contributed by atoms with Crippen molar-refractivity contribution in [1.29, 1.82) is 0 Å². The molecule has 0 unspecified atom stereocenters. The Morgan fingerprint density at radius 3 is 2.86 bits per heavy atom. The Morgan fingerprint density at radius 1 is 1.71 bits per heavy atom. The molecule has 0 saturated carbocycles. The lowest BCUT2D eigenvalue weighted by atomic mass is 10.4. The fourth-order valence-corrected chi connectivity index (χ4v) is 0.372. The second-order valence-corrected chi connectivity index (χ2v) is 1.21. The maximum absolute atomic E-state index is 11.7. The zero-order chi connectivity index (χ0) is 5.11. The minimum atomic E-state index is 0.281. The molecule has 0 spiro atoms. The first-order chi connectivity index (χ1) is 3.39. The molecule has 2 nitrogen and oxygen atoms in total. The average Bonchev–Trinajstić information content (AvgIpc) is 1.69. The predicted octanol–water partition coefficient (Wildman–Crippen LogP) is 1.08. The zero-order valence-electron chi connectivity index (χ0n) is 3.71. The standard InChI is InChI=1S/C4H5FN2/c5-7-4-2-1-3-6-7/h2-4H,1H2. The summed E-state index contributed by atoms with van der Waals surface area (Å²) in [4.78, 5) is 0. The molecule has 0 aromatic heterocycles. The molecule has 1 rings (SSSR count). The highest BCUT2D eigenvalue weighted by molar-refractivity contribution is 5.59. The Labute approximate surface area is 40.9 Å². The van der Waals surface area contributed by atoms with Crippen LogP contribution in [0.4, 0.5) is 4.48 Å². The molecule has 1 heterocycles. The van der Waals surface area contributed by atoms with Crippen LogP contribution in [0.2, 0.25) is 0 Å². The summed E-state index contributed by atoms with van der Waals surface area (Å²) in [6, 6.07) is 0. The topological polar surface area (TPSA) is 15.6 Å². The molecule has 1 aliphatic rings. The number of hydrogen-bond acceptors (Lipinski definition) is 2. The number of allylic oxidation sites excluding steroid dienone is 1. The van der Waals surface area contributed by atoms with Crippen molar-refractivity contribution in [3.63, 3.8) is 0 Å². The predicted molar refractivity (Wildman–Crippen MR) is 25.2 cm³/mol. The molecule has 0 bridgehead atoms. The molecule has 0 saturated heterocycles. The van der Waals surface area contributed by atoms with Crippen LogP contribution >= 0.6 is 0 Å². The molecule has 0 radical (unpaired) electrons. The van der Waals surface area contributed by atoms with E-state index < -0.39 is 0 Å². The van der Waals surface area contributed by atoms with E-state index in [0.29, 0.717) is 0 Å². The van der Waals surface area contributed by atoms with Gasteiger partial charge in [-0.15, -0.1) is 5.23 Å². The third kappa shape index (κ3) is 0.994. The Kier molecular flexibility index (Phi) is 1.06. The summed E-state index contributed by atoms with van der Waals surface area (Å²) in [6.45, 7) is 0. The Morgan fingerprint density at radius 2 is 2.57 bits per heavy atom. The summed E-state index contributed by atoms with van der Waals surface area (Å²) < 4.78 is 11.7. The first-order valence-corrected chi connectivity index (χ1v) is 2.04. The summed E-state index contributed by atoms with van der Waals surface area (Å²) in [5.41, 5.74) is 0. The van der Waals surface area contributed by atoms with Crippen LogP contribution in [0.25, 0.3) is 0 Å². The number of hydrogen-bond donors (Lipinski definition) is 0. The normalized spacial score (nSPS) is 18.1. The quantitative estimate of drug-likeness (QED) is 0.416. The lowest BCUT2D eigenvalue weighted by molar-refractivity contribution is 0.0933. The Hall–Kier alpha value is -0.860. The highest BCUT2D eigenvalue weighted by atomic mass is 19.2. The van der Waals surface area contributed by atoms with E-state index in [1.165, 1.54) is 12.4 Å². The molecule has 0 N–H and O–H groups in total. The van der Waals surface area contributed by atoms with Gasteiger partial charge in [-0.2, -0.15) is 5.10 Å². The molecule has 0 atom stereocenters. The van der Waals surface area contributed by atoms with Gasteiger partial charge in [0.2, 0.25) is 0 Å². The average molecular weight is 100 g/mol. The number of nitrogens with zero attached hydrogens (tertiary/aromatic N) is 2. The van der Waals surface area contributed by atoms with Crippen molar-refractivity contribution in [1.82, 2.24) is 5.23 Å². The van der Waals surface area contributed by atoms with Crippen molar-refractivity contribution in [2.24, 2.45) is 5.10 Å². The van der Waals surface area contributed by atoms with Gasteiger partial charge in [-0.3, -0.25) is 0 Å². The van der Waals surface area contributed by atoms with Gasteiger partial charge in [-0.05, 0) is 0 Å². The summed E-state index contributed by atoms with van der Waals surface area (Å²) >= 11 is 0. The highest BCUT2D eigenvalue weighted by Crippen LogP contribution is 1.96. The molecular weight excluding hydrogens is 95.1 g/mol. The van der Waals surface area contributed by atoms with E-state index in [4.69, 9.17) is 0 Å². The van der Waals surface area contributed by atoms with E-state index in [1.807, 2.05) is 0 Å². The van der Waals surface area contributed by atoms with Gasteiger partial charge in [0.05, 0.1) is 6.20 Å². The molecule has 0 aliphatic carbocycles. The first-order valence-electron chi connectivity index (χ1n) is 2.04. The van der Waals surface area contributed by atoms with Crippen LogP contribution < -0.4 is 0 Å². The minimum Gasteiger partial charge on any atom is -0.155 e. The molecular formula is C4H5FN2. The van der Waals surface area contributed by atoms with Gasteiger partial charge in [0.1, 0.15) is 0 Å². The van der Waals surface area contributed by atoms with Crippen molar-refractivity contribution >= 4 is 6.21 Å². The highest BCUT2D eigenvalue weighted by Gasteiger charge is 1.90. The minimum absolute atomic E-state index is 0.281. The summed E-state index contributed by atoms with van der Waals surface area (Å²) in [7, 11) is 0. The van der Waals surface area contributed by atoms with Gasteiger partial charge in [0.25, 0.3) is 0 Å². The SMILES string of the molecule is FN1C=CCC=N1. The summed E-state index contributed by atoms with van der Waals surface area (Å²) in [6.07, 6.45) is 5.20. The summed E-state index contributed by atoms with van der Waals surface area (Å²) in [5, 5.41) is 3.57. The van der Waals surface area contributed by atoms with Crippen LogP contribution in [0.3, 0.4) is 0 Å². The molecule has 0 aromatic carbocycles. The van der Waals surface area contributed by atoms with E-state index in [-0.39, 0.29) is 5.23 Å². The molecule has 0 aromatic rings. The van der Waals surface area contributed by atoms with Crippen LogP contribution in [0.1, 0.15) is 6.42 Å². The number of rotatable bonds is 0. The fourth-order valence-electron chi connectivity index (χ4n) is 0.372. The smallest absolute Gasteiger partial charge is 0.0556 e. The van der Waals surface area contributed by atoms with Crippen molar-refractivity contribution < 1.29 is 4.48 Å². The van der Waals surface area contributed by atoms with Crippen molar-refractivity contribution in [3.05, 3.63) is 12.3 Å². The van der Waals surface area contributed by atoms with Gasteiger partial charge in [-0.25, -0.2) is 0 Å². The Balaban J connectivity index is 2.49. The van der Waals surface area contributed by atoms with Gasteiger partial charge in [0.15, 0.2) is 0 Å². The van der Waals surface area contributed by atoms with Crippen molar-refractivity contribution in [3.8, 4) is 0 Å². The maximum atomic E-state index is 11.7. The molecule has 1 aliphatic heterocycles. The first kappa shape index (κ1) is 4.30. The van der Waals surface area contributed by atoms with E-state index in [1.54, 1.807) is 6.08 Å². The zero-order valence-corrected chi connectivity index (χ0v) is 3.71. The van der Waals surface area contributed by atoms with Crippen LogP contribution in [-0.2, 0) is 0 Å². The molecule has 0 amide bonds. The van der Waals surface area contributed by atoms with E-state index >= 15 is 0 Å². The van der Waals surface area contributed by atoms with E-state index in [9.17, 15) is 4.48 Å². The van der Waals surface area contributed by atoms with Crippen LogP contribution in [-0.4, -0.2) is 11.4 Å². The lowest BCUT2D eigenvalue weighted by Gasteiger charge is -2.00. The second-order valence-electron chi connectivity index (χ2n) is 1.21. The molecule has 7 heavy (non-hydrogen) atoms. The van der Waals surface area contributed by atoms with Gasteiger partial charge >= 0.3 is 0 Å². The van der Waals surface area contributed by atoms with Crippen molar-refractivity contribution in [2.75, 3.05) is 0 Å². The summed E-state index contributed by atoms with van der Waals surface area (Å²) in [5.74, 6) is 0. The second kappa shape index (κ2) is 1.73. The molecule has 3 heteroatoms. The number of halogens is 1.